The van der Waals surface area contributed by atoms with Crippen LogP contribution in [0.4, 0.5) is 0 Å². The fourth-order valence-electron chi connectivity index (χ4n) is 2.79. The van der Waals surface area contributed by atoms with Crippen molar-refractivity contribution < 1.29 is 33.3 Å². The molecular formula is C24H24N2O7. The number of esters is 1. The maximum atomic E-state index is 12.8. The van der Waals surface area contributed by atoms with Gasteiger partial charge in [-0.2, -0.15) is 5.26 Å². The van der Waals surface area contributed by atoms with Gasteiger partial charge in [-0.05, 0) is 35.9 Å². The molecule has 0 heterocycles. The number of carbonyl (C=O) groups is 2. The first-order valence-corrected chi connectivity index (χ1v) is 9.63. The minimum absolute atomic E-state index is 0.0962. The van der Waals surface area contributed by atoms with Gasteiger partial charge >= 0.3 is 5.97 Å². The van der Waals surface area contributed by atoms with Crippen molar-refractivity contribution in [1.82, 2.24) is 5.32 Å². The van der Waals surface area contributed by atoms with Crippen LogP contribution in [0, 0.1) is 11.3 Å². The van der Waals surface area contributed by atoms with Crippen molar-refractivity contribution in [1.29, 1.82) is 5.26 Å². The lowest BCUT2D eigenvalue weighted by molar-refractivity contribution is -0.116. The molecule has 0 aromatic heterocycles. The van der Waals surface area contributed by atoms with E-state index in [2.05, 4.69) is 11.9 Å². The van der Waals surface area contributed by atoms with Crippen LogP contribution < -0.4 is 29.0 Å². The second-order valence-electron chi connectivity index (χ2n) is 6.38. The Morgan fingerprint density at radius 2 is 1.61 bits per heavy atom. The van der Waals surface area contributed by atoms with Gasteiger partial charge in [0.1, 0.15) is 11.6 Å². The zero-order chi connectivity index (χ0) is 24.4. The molecule has 0 aliphatic heterocycles. The first kappa shape index (κ1) is 24.8. The second kappa shape index (κ2) is 11.8. The number of hydrogen-bond acceptors (Lipinski definition) is 8. The average Bonchev–Trinajstić information content (AvgIpc) is 2.85. The summed E-state index contributed by atoms with van der Waals surface area (Å²) in [6.07, 6.45) is 2.90. The van der Waals surface area contributed by atoms with Crippen molar-refractivity contribution in [3.05, 3.63) is 59.7 Å². The molecule has 0 bridgehead atoms. The first-order chi connectivity index (χ1) is 15.9. The van der Waals surface area contributed by atoms with Gasteiger partial charge in [-0.15, -0.1) is 6.58 Å². The van der Waals surface area contributed by atoms with Gasteiger partial charge < -0.3 is 29.0 Å². The van der Waals surface area contributed by atoms with E-state index in [-0.39, 0.29) is 29.2 Å². The predicted octanol–water partition coefficient (Wildman–Crippen LogP) is 3.15. The van der Waals surface area contributed by atoms with E-state index in [9.17, 15) is 14.9 Å². The SMILES string of the molecule is C=CCNC(=O)/C(C#N)=C/c1ccc(OC(=O)c2cc(OC)c(OC)c(OC)c2)c(OC)c1. The Bertz CT molecular complexity index is 1090. The highest BCUT2D eigenvalue weighted by atomic mass is 16.6. The molecular weight excluding hydrogens is 428 g/mol. The van der Waals surface area contributed by atoms with Gasteiger partial charge in [0.05, 0.1) is 34.0 Å². The minimum atomic E-state index is -0.683. The fourth-order valence-corrected chi connectivity index (χ4v) is 2.79. The zero-order valence-electron chi connectivity index (χ0n) is 18.8. The van der Waals surface area contributed by atoms with E-state index in [4.69, 9.17) is 23.7 Å². The highest BCUT2D eigenvalue weighted by molar-refractivity contribution is 6.01. The molecule has 0 aliphatic carbocycles. The highest BCUT2D eigenvalue weighted by Crippen LogP contribution is 2.39. The molecule has 0 spiro atoms. The van der Waals surface area contributed by atoms with Crippen molar-refractivity contribution in [3.8, 4) is 34.8 Å². The van der Waals surface area contributed by atoms with Crippen LogP contribution in [0.2, 0.25) is 0 Å². The summed E-state index contributed by atoms with van der Waals surface area (Å²) in [5, 5.41) is 11.8. The number of ether oxygens (including phenoxy) is 5. The maximum absolute atomic E-state index is 12.8. The number of hydrogen-bond donors (Lipinski definition) is 1. The van der Waals surface area contributed by atoms with Gasteiger partial charge in [0.15, 0.2) is 23.0 Å². The van der Waals surface area contributed by atoms with Crippen LogP contribution in [0.5, 0.6) is 28.7 Å². The van der Waals surface area contributed by atoms with E-state index in [0.29, 0.717) is 22.8 Å². The lowest BCUT2D eigenvalue weighted by atomic mass is 10.1. The largest absolute Gasteiger partial charge is 0.493 e. The van der Waals surface area contributed by atoms with Gasteiger partial charge in [-0.1, -0.05) is 12.1 Å². The fraction of sp³-hybridized carbons (Fsp3) is 0.208. The van der Waals surface area contributed by atoms with Gasteiger partial charge in [-0.3, -0.25) is 4.79 Å². The van der Waals surface area contributed by atoms with E-state index in [1.165, 1.54) is 64.9 Å². The molecule has 0 unspecified atom stereocenters. The molecule has 2 aromatic rings. The van der Waals surface area contributed by atoms with Crippen molar-refractivity contribution in [2.75, 3.05) is 35.0 Å². The Morgan fingerprint density at radius 1 is 0.970 bits per heavy atom. The Morgan fingerprint density at radius 3 is 2.12 bits per heavy atom. The predicted molar refractivity (Wildman–Crippen MR) is 121 cm³/mol. The molecule has 0 saturated carbocycles. The van der Waals surface area contributed by atoms with E-state index in [1.807, 2.05) is 6.07 Å². The standard InChI is InChI=1S/C24H24N2O7/c1-6-9-26-23(27)17(14-25)10-15-7-8-18(19(11-15)29-2)33-24(28)16-12-20(30-3)22(32-5)21(13-16)31-4/h6-8,10-13H,1,9H2,2-5H3,(H,26,27)/b17-10+. The smallest absolute Gasteiger partial charge is 0.343 e. The topological polar surface area (TPSA) is 116 Å². The van der Waals surface area contributed by atoms with E-state index < -0.39 is 11.9 Å². The molecule has 1 N–H and O–H groups in total. The molecule has 2 rings (SSSR count). The van der Waals surface area contributed by atoms with Crippen LogP contribution in [0.3, 0.4) is 0 Å². The summed E-state index contributed by atoms with van der Waals surface area (Å²) in [6, 6.07) is 9.40. The summed E-state index contributed by atoms with van der Waals surface area (Å²) in [4.78, 5) is 24.8. The summed E-state index contributed by atoms with van der Waals surface area (Å²) in [7, 11) is 5.74. The molecule has 0 atom stereocenters. The summed E-state index contributed by atoms with van der Waals surface area (Å²) >= 11 is 0. The minimum Gasteiger partial charge on any atom is -0.493 e. The molecule has 0 aliphatic rings. The van der Waals surface area contributed by atoms with Crippen LogP contribution in [-0.2, 0) is 4.79 Å². The molecule has 9 nitrogen and oxygen atoms in total. The molecule has 9 heteroatoms. The molecule has 0 radical (unpaired) electrons. The Balaban J connectivity index is 2.33. The van der Waals surface area contributed by atoms with E-state index in [0.717, 1.165) is 0 Å². The monoisotopic (exact) mass is 452 g/mol. The number of methoxy groups -OCH3 is 4. The lowest BCUT2D eigenvalue weighted by Crippen LogP contribution is -2.24. The third-order valence-electron chi connectivity index (χ3n) is 4.37. The second-order valence-corrected chi connectivity index (χ2v) is 6.38. The van der Waals surface area contributed by atoms with Gasteiger partial charge in [-0.25, -0.2) is 4.79 Å². The Hall–Kier alpha value is -4.45. The number of carbonyl (C=O) groups excluding carboxylic acids is 2. The summed E-state index contributed by atoms with van der Waals surface area (Å²) in [5.74, 6) is 0.101. The molecule has 0 saturated heterocycles. The van der Waals surface area contributed by atoms with Crippen molar-refractivity contribution in [2.45, 2.75) is 0 Å². The van der Waals surface area contributed by atoms with Crippen molar-refractivity contribution in [2.24, 2.45) is 0 Å². The molecule has 0 fully saturated rings. The molecule has 1 amide bonds. The number of benzene rings is 2. The first-order valence-electron chi connectivity index (χ1n) is 9.63. The van der Waals surface area contributed by atoms with Crippen molar-refractivity contribution >= 4 is 18.0 Å². The molecule has 172 valence electrons. The van der Waals surface area contributed by atoms with Crippen LogP contribution in [-0.4, -0.2) is 46.9 Å². The Kier molecular flexibility index (Phi) is 8.88. The van der Waals surface area contributed by atoms with E-state index in [1.54, 1.807) is 6.07 Å². The third-order valence-corrected chi connectivity index (χ3v) is 4.37. The number of rotatable bonds is 10. The van der Waals surface area contributed by atoms with Gasteiger partial charge in [0.2, 0.25) is 5.75 Å². The van der Waals surface area contributed by atoms with Crippen LogP contribution >= 0.6 is 0 Å². The van der Waals surface area contributed by atoms with Crippen LogP contribution in [0.1, 0.15) is 15.9 Å². The normalized spacial score (nSPS) is 10.5. The van der Waals surface area contributed by atoms with Gasteiger partial charge in [0, 0.05) is 6.54 Å². The lowest BCUT2D eigenvalue weighted by Gasteiger charge is -2.14. The quantitative estimate of drug-likeness (QED) is 0.192. The number of nitrogens with one attached hydrogen (secondary N) is 1. The average molecular weight is 452 g/mol. The summed E-state index contributed by atoms with van der Waals surface area (Å²) in [6.45, 7) is 3.75. The summed E-state index contributed by atoms with van der Waals surface area (Å²) < 4.78 is 26.6. The summed E-state index contributed by atoms with van der Waals surface area (Å²) in [5.41, 5.74) is 0.576. The zero-order valence-corrected chi connectivity index (χ0v) is 18.8. The van der Waals surface area contributed by atoms with Crippen LogP contribution in [0.15, 0.2) is 48.6 Å². The number of amides is 1. The van der Waals surface area contributed by atoms with Gasteiger partial charge in [0.25, 0.3) is 5.91 Å². The van der Waals surface area contributed by atoms with Crippen molar-refractivity contribution in [3.63, 3.8) is 0 Å². The van der Waals surface area contributed by atoms with Crippen LogP contribution in [0.25, 0.3) is 6.08 Å². The van der Waals surface area contributed by atoms with E-state index >= 15 is 0 Å². The maximum Gasteiger partial charge on any atom is 0.343 e. The third kappa shape index (κ3) is 6.04. The Labute approximate surface area is 191 Å². The molecule has 2 aromatic carbocycles. The molecule has 33 heavy (non-hydrogen) atoms. The number of nitrogens with zero attached hydrogens (tertiary/aromatic N) is 1. The number of nitriles is 1. The highest BCUT2D eigenvalue weighted by Gasteiger charge is 2.20.